The van der Waals surface area contributed by atoms with Crippen molar-refractivity contribution < 1.29 is 8.83 Å². The molecule has 6 heteroatoms. The zero-order valence-electron chi connectivity index (χ0n) is 26.6. The van der Waals surface area contributed by atoms with Crippen LogP contribution in [0, 0.1) is 0 Å². The first-order valence-corrected chi connectivity index (χ1v) is 16.4. The van der Waals surface area contributed by atoms with E-state index in [1.165, 1.54) is 0 Å². The molecule has 0 saturated carbocycles. The molecule has 6 nitrogen and oxygen atoms in total. The fourth-order valence-electron chi connectivity index (χ4n) is 6.80. The summed E-state index contributed by atoms with van der Waals surface area (Å²) in [5, 5.41) is 1.98. The number of aromatic nitrogens is 4. The number of fused-ring (bicyclic) bond motifs is 6. The Balaban J connectivity index is 0.958. The van der Waals surface area contributed by atoms with Gasteiger partial charge in [0.2, 0.25) is 0 Å². The number of pyridine rings is 4. The van der Waals surface area contributed by atoms with Gasteiger partial charge in [0.25, 0.3) is 0 Å². The van der Waals surface area contributed by atoms with Crippen molar-refractivity contribution in [1.82, 2.24) is 19.9 Å². The summed E-state index contributed by atoms with van der Waals surface area (Å²) in [5.74, 6) is 0. The molecular weight excluding hydrogens is 617 g/mol. The highest BCUT2D eigenvalue weighted by Crippen LogP contribution is 2.38. The van der Waals surface area contributed by atoms with Gasteiger partial charge in [-0.05, 0) is 70.8 Å². The molecule has 0 unspecified atom stereocenters. The van der Waals surface area contributed by atoms with E-state index < -0.39 is 0 Å². The predicted octanol–water partition coefficient (Wildman–Crippen LogP) is 11.4. The highest BCUT2D eigenvalue weighted by Gasteiger charge is 2.17. The van der Waals surface area contributed by atoms with E-state index in [1.807, 2.05) is 97.6 Å². The molecule has 0 aliphatic heterocycles. The van der Waals surface area contributed by atoms with Crippen LogP contribution < -0.4 is 0 Å². The van der Waals surface area contributed by atoms with Gasteiger partial charge in [0.1, 0.15) is 22.2 Å². The Morgan fingerprint density at radius 2 is 0.800 bits per heavy atom. The minimum atomic E-state index is 0.746. The maximum Gasteiger partial charge on any atom is 0.161 e. The third kappa shape index (κ3) is 4.65. The molecular formula is C44H26N4O2. The maximum absolute atomic E-state index is 6.36. The maximum atomic E-state index is 6.36. The molecule has 0 bridgehead atoms. The zero-order chi connectivity index (χ0) is 33.0. The Labute approximate surface area is 286 Å². The van der Waals surface area contributed by atoms with Gasteiger partial charge in [0, 0.05) is 57.8 Å². The van der Waals surface area contributed by atoms with Crippen molar-refractivity contribution in [3.05, 3.63) is 158 Å². The molecule has 6 aromatic heterocycles. The summed E-state index contributed by atoms with van der Waals surface area (Å²) >= 11 is 0. The van der Waals surface area contributed by atoms with E-state index in [0.717, 1.165) is 100 Å². The molecule has 234 valence electrons. The van der Waals surface area contributed by atoms with Crippen LogP contribution in [0.1, 0.15) is 0 Å². The second-order valence-corrected chi connectivity index (χ2v) is 12.3. The molecule has 0 fully saturated rings. The number of hydrogen-bond acceptors (Lipinski definition) is 6. The molecule has 4 aromatic carbocycles. The van der Waals surface area contributed by atoms with E-state index in [0.29, 0.717) is 0 Å². The lowest BCUT2D eigenvalue weighted by Crippen LogP contribution is -1.90. The molecule has 0 amide bonds. The number of hydrogen-bond donors (Lipinski definition) is 0. The van der Waals surface area contributed by atoms with Gasteiger partial charge < -0.3 is 8.83 Å². The van der Waals surface area contributed by atoms with Crippen molar-refractivity contribution in [1.29, 1.82) is 0 Å². The average Bonchev–Trinajstić information content (AvgIpc) is 3.77. The highest BCUT2D eigenvalue weighted by molar-refractivity contribution is 6.09. The summed E-state index contributed by atoms with van der Waals surface area (Å²) in [4.78, 5) is 19.0. The average molecular weight is 643 g/mol. The fourth-order valence-corrected chi connectivity index (χ4v) is 6.80. The van der Waals surface area contributed by atoms with E-state index in [4.69, 9.17) is 28.8 Å². The Hall–Kier alpha value is -6.92. The normalized spacial score (nSPS) is 11.6. The molecule has 10 aromatic rings. The molecule has 0 radical (unpaired) electrons. The zero-order valence-corrected chi connectivity index (χ0v) is 26.6. The Morgan fingerprint density at radius 1 is 0.360 bits per heavy atom. The summed E-state index contributed by atoms with van der Waals surface area (Å²) in [6, 6.07) is 45.2. The first-order chi connectivity index (χ1) is 24.8. The first kappa shape index (κ1) is 28.1. The van der Waals surface area contributed by atoms with Crippen LogP contribution in [0.2, 0.25) is 0 Å². The van der Waals surface area contributed by atoms with Crippen LogP contribution in [-0.4, -0.2) is 19.9 Å². The highest BCUT2D eigenvalue weighted by atomic mass is 16.3. The second-order valence-electron chi connectivity index (χ2n) is 12.3. The quantitative estimate of drug-likeness (QED) is 0.186. The van der Waals surface area contributed by atoms with Crippen molar-refractivity contribution >= 4 is 44.1 Å². The number of benzene rings is 4. The van der Waals surface area contributed by atoms with Crippen molar-refractivity contribution in [3.8, 4) is 55.9 Å². The molecule has 0 N–H and O–H groups in total. The second kappa shape index (κ2) is 11.4. The number of nitrogens with zero attached hydrogens (tertiary/aromatic N) is 4. The minimum absolute atomic E-state index is 0.746. The number of rotatable bonds is 5. The lowest BCUT2D eigenvalue weighted by molar-refractivity contribution is 0.669. The largest absolute Gasteiger partial charge is 0.454 e. The van der Waals surface area contributed by atoms with Crippen LogP contribution in [-0.2, 0) is 0 Å². The van der Waals surface area contributed by atoms with Crippen LogP contribution in [0.15, 0.2) is 167 Å². The van der Waals surface area contributed by atoms with Crippen LogP contribution in [0.4, 0.5) is 0 Å². The van der Waals surface area contributed by atoms with Crippen LogP contribution >= 0.6 is 0 Å². The van der Waals surface area contributed by atoms with Crippen LogP contribution in [0.3, 0.4) is 0 Å². The van der Waals surface area contributed by atoms with Gasteiger partial charge in [0.05, 0.1) is 11.4 Å². The molecule has 50 heavy (non-hydrogen) atoms. The first-order valence-electron chi connectivity index (χ1n) is 16.4. The van der Waals surface area contributed by atoms with Crippen molar-refractivity contribution in [2.75, 3.05) is 0 Å². The van der Waals surface area contributed by atoms with E-state index in [2.05, 4.69) is 60.7 Å². The summed E-state index contributed by atoms with van der Waals surface area (Å²) in [6.45, 7) is 0. The van der Waals surface area contributed by atoms with Gasteiger partial charge in [-0.3, -0.25) is 19.9 Å². The smallest absolute Gasteiger partial charge is 0.161 e. The third-order valence-electron chi connectivity index (χ3n) is 9.33. The molecule has 0 saturated heterocycles. The fraction of sp³-hybridized carbons (Fsp3) is 0. The Morgan fingerprint density at radius 3 is 1.22 bits per heavy atom. The minimum Gasteiger partial charge on any atom is -0.454 e. The summed E-state index contributed by atoms with van der Waals surface area (Å²) in [7, 11) is 0. The molecule has 0 atom stereocenters. The summed E-state index contributed by atoms with van der Waals surface area (Å²) in [5.41, 5.74) is 14.7. The van der Waals surface area contributed by atoms with Gasteiger partial charge >= 0.3 is 0 Å². The van der Waals surface area contributed by atoms with E-state index >= 15 is 0 Å². The standard InChI is InChI=1S/C44H26N4O2/c1-3-7-27(8-4-1)29-13-17-39-35(23-29)41-43(49-39)33(19-21-45-41)31-11-15-37(47-25-31)38-16-12-32(26-48-38)34-20-22-46-42-36-24-30(28-9-5-2-6-10-28)14-18-40(36)50-44(34)42/h1-26H. The lowest BCUT2D eigenvalue weighted by Gasteiger charge is -2.06. The van der Waals surface area contributed by atoms with Crippen molar-refractivity contribution in [2.24, 2.45) is 0 Å². The van der Waals surface area contributed by atoms with E-state index in [9.17, 15) is 0 Å². The Kier molecular flexibility index (Phi) is 6.39. The third-order valence-corrected chi connectivity index (χ3v) is 9.33. The van der Waals surface area contributed by atoms with Crippen molar-refractivity contribution in [2.45, 2.75) is 0 Å². The molecule has 6 heterocycles. The van der Waals surface area contributed by atoms with Gasteiger partial charge in [0.15, 0.2) is 11.2 Å². The van der Waals surface area contributed by atoms with Gasteiger partial charge in [-0.1, -0.05) is 84.9 Å². The predicted molar refractivity (Wildman–Crippen MR) is 199 cm³/mol. The Bertz CT molecular complexity index is 2640. The number of furan rings is 2. The van der Waals surface area contributed by atoms with Crippen LogP contribution in [0.5, 0.6) is 0 Å². The molecule has 0 aliphatic carbocycles. The van der Waals surface area contributed by atoms with E-state index in [-0.39, 0.29) is 0 Å². The van der Waals surface area contributed by atoms with Crippen LogP contribution in [0.25, 0.3) is 100 Å². The summed E-state index contributed by atoms with van der Waals surface area (Å²) in [6.07, 6.45) is 7.39. The SMILES string of the molecule is c1ccc(-c2ccc3oc4c(-c5ccc(-c6ccc(-c7ccnc8c7oc7ccc(-c9ccccc9)cc78)cn6)nc5)ccnc4c3c2)cc1. The lowest BCUT2D eigenvalue weighted by atomic mass is 10.0. The molecule has 0 spiro atoms. The van der Waals surface area contributed by atoms with Crippen molar-refractivity contribution in [3.63, 3.8) is 0 Å². The van der Waals surface area contributed by atoms with Gasteiger partial charge in [-0.15, -0.1) is 0 Å². The van der Waals surface area contributed by atoms with Gasteiger partial charge in [-0.2, -0.15) is 0 Å². The van der Waals surface area contributed by atoms with Gasteiger partial charge in [-0.25, -0.2) is 0 Å². The topological polar surface area (TPSA) is 77.8 Å². The monoisotopic (exact) mass is 642 g/mol. The molecule has 0 aliphatic rings. The summed E-state index contributed by atoms with van der Waals surface area (Å²) < 4.78 is 12.7. The molecule has 10 rings (SSSR count). The van der Waals surface area contributed by atoms with E-state index in [1.54, 1.807) is 0 Å².